The van der Waals surface area contributed by atoms with Crippen molar-refractivity contribution in [2.24, 2.45) is 0 Å². The normalized spacial score (nSPS) is 11.3. The van der Waals surface area contributed by atoms with Crippen molar-refractivity contribution < 1.29 is 4.52 Å². The molecule has 0 N–H and O–H groups in total. The Bertz CT molecular complexity index is 42.2. The van der Waals surface area contributed by atoms with E-state index in [0.717, 1.165) is 21.8 Å². The van der Waals surface area contributed by atoms with Gasteiger partial charge >= 0.3 is 0 Å². The van der Waals surface area contributed by atoms with Gasteiger partial charge < -0.3 is 4.52 Å². The van der Waals surface area contributed by atoms with E-state index in [2.05, 4.69) is 13.8 Å². The lowest BCUT2D eigenvalue weighted by molar-refractivity contribution is 0.361. The van der Waals surface area contributed by atoms with Crippen molar-refractivity contribution in [3.63, 3.8) is 0 Å². The van der Waals surface area contributed by atoms with Gasteiger partial charge in [0.25, 0.3) is 0 Å². The monoisotopic (exact) mass is 148 g/mol. The predicted octanol–water partition coefficient (Wildman–Crippen LogP) is 2.81. The quantitative estimate of drug-likeness (QED) is 0.415. The molecule has 0 spiro atoms. The topological polar surface area (TPSA) is 9.23 Å². The fraction of sp³-hybridized carbons (Fsp3) is 1.00. The van der Waals surface area contributed by atoms with Crippen LogP contribution in [0, 0.1) is 0 Å². The first-order valence-corrected chi connectivity index (χ1v) is 4.88. The van der Waals surface area contributed by atoms with Gasteiger partial charge in [-0.15, -0.1) is 0 Å². The van der Waals surface area contributed by atoms with E-state index in [1.54, 1.807) is 0 Å². The van der Waals surface area contributed by atoms with Gasteiger partial charge in [0.15, 0.2) is 0 Å². The predicted molar refractivity (Wildman–Crippen MR) is 44.3 cm³/mol. The van der Waals surface area contributed by atoms with Crippen molar-refractivity contribution >= 4 is 8.81 Å². The summed E-state index contributed by atoms with van der Waals surface area (Å²) in [6.07, 6.45) is 5.03. The standard InChI is InChI=1S/C7H17OP/c1-3-5-7-9-8-6-4-2/h9H,3-7H2,1-2H3. The van der Waals surface area contributed by atoms with E-state index in [1.807, 2.05) is 0 Å². The van der Waals surface area contributed by atoms with Gasteiger partial charge in [-0.2, -0.15) is 0 Å². The molecule has 0 radical (unpaired) electrons. The lowest BCUT2D eigenvalue weighted by Crippen LogP contribution is -1.82. The highest BCUT2D eigenvalue weighted by Crippen LogP contribution is 2.13. The van der Waals surface area contributed by atoms with E-state index in [4.69, 9.17) is 4.52 Å². The highest BCUT2D eigenvalue weighted by molar-refractivity contribution is 7.32. The average Bonchev–Trinajstić information content (AvgIpc) is 1.89. The first-order chi connectivity index (χ1) is 4.41. The van der Waals surface area contributed by atoms with Crippen molar-refractivity contribution in [1.29, 1.82) is 0 Å². The van der Waals surface area contributed by atoms with E-state index >= 15 is 0 Å². The summed E-state index contributed by atoms with van der Waals surface area (Å²) in [6.45, 7) is 5.30. The fourth-order valence-electron chi connectivity index (χ4n) is 0.495. The smallest absolute Gasteiger partial charge is 0.0502 e. The van der Waals surface area contributed by atoms with Crippen LogP contribution in [0.5, 0.6) is 0 Å². The SMILES string of the molecule is CCCCPOCCC. The van der Waals surface area contributed by atoms with Crippen LogP contribution in [0.25, 0.3) is 0 Å². The van der Waals surface area contributed by atoms with Crippen molar-refractivity contribution in [3.05, 3.63) is 0 Å². The molecular weight excluding hydrogens is 131 g/mol. The van der Waals surface area contributed by atoms with Crippen molar-refractivity contribution in [3.8, 4) is 0 Å². The van der Waals surface area contributed by atoms with Gasteiger partial charge in [0.1, 0.15) is 0 Å². The van der Waals surface area contributed by atoms with Gasteiger partial charge in [-0.1, -0.05) is 20.3 Å². The second-order valence-corrected chi connectivity index (χ2v) is 3.17. The molecule has 1 nitrogen and oxygen atoms in total. The Hall–Kier alpha value is 0.390. The second-order valence-electron chi connectivity index (χ2n) is 2.10. The molecule has 0 aliphatic rings. The molecule has 1 atom stereocenters. The van der Waals surface area contributed by atoms with E-state index in [-0.39, 0.29) is 0 Å². The summed E-state index contributed by atoms with van der Waals surface area (Å²) in [5.41, 5.74) is 0. The molecule has 0 aromatic heterocycles. The molecule has 0 aliphatic heterocycles. The van der Waals surface area contributed by atoms with Crippen LogP contribution in [0.1, 0.15) is 33.1 Å². The molecule has 0 heterocycles. The molecule has 0 saturated heterocycles. The molecule has 0 amide bonds. The lowest BCUT2D eigenvalue weighted by atomic mass is 10.4. The second kappa shape index (κ2) is 8.39. The fourth-order valence-corrected chi connectivity index (χ4v) is 1.49. The molecule has 0 bridgehead atoms. The molecular formula is C7H17OP. The third-order valence-corrected chi connectivity index (χ3v) is 2.01. The van der Waals surface area contributed by atoms with Gasteiger partial charge in [0.05, 0.1) is 6.61 Å². The Labute approximate surface area is 60.0 Å². The molecule has 56 valence electrons. The van der Waals surface area contributed by atoms with E-state index in [0.29, 0.717) is 0 Å². The van der Waals surface area contributed by atoms with Crippen LogP contribution in [-0.2, 0) is 4.52 Å². The van der Waals surface area contributed by atoms with Crippen LogP contribution in [0.4, 0.5) is 0 Å². The molecule has 0 aromatic rings. The summed E-state index contributed by atoms with van der Waals surface area (Å²) >= 11 is 0. The van der Waals surface area contributed by atoms with Gasteiger partial charge in [-0.05, 0) is 19.0 Å². The van der Waals surface area contributed by atoms with Crippen LogP contribution in [0.3, 0.4) is 0 Å². The van der Waals surface area contributed by atoms with Gasteiger partial charge in [0.2, 0.25) is 0 Å². The minimum absolute atomic E-state index is 0.746. The largest absolute Gasteiger partial charge is 0.362 e. The summed E-state index contributed by atoms with van der Waals surface area (Å²) in [5.74, 6) is 0. The minimum atomic E-state index is 0.746. The summed E-state index contributed by atoms with van der Waals surface area (Å²) < 4.78 is 5.31. The van der Waals surface area contributed by atoms with Crippen LogP contribution in [0.15, 0.2) is 0 Å². The Morgan fingerprint density at radius 1 is 1.22 bits per heavy atom. The lowest BCUT2D eigenvalue weighted by Gasteiger charge is -1.99. The first-order valence-electron chi connectivity index (χ1n) is 3.76. The zero-order valence-electron chi connectivity index (χ0n) is 6.44. The Morgan fingerprint density at radius 3 is 2.56 bits per heavy atom. The first kappa shape index (κ1) is 9.39. The molecule has 1 unspecified atom stereocenters. The number of rotatable bonds is 6. The molecule has 0 rings (SSSR count). The maximum atomic E-state index is 5.31. The van der Waals surface area contributed by atoms with Gasteiger partial charge in [0, 0.05) is 8.81 Å². The van der Waals surface area contributed by atoms with Crippen LogP contribution >= 0.6 is 8.81 Å². The highest BCUT2D eigenvalue weighted by Gasteiger charge is 1.84. The van der Waals surface area contributed by atoms with Gasteiger partial charge in [-0.25, -0.2) is 0 Å². The molecule has 2 heteroatoms. The summed E-state index contributed by atoms with van der Waals surface area (Å²) in [4.78, 5) is 0. The zero-order chi connectivity index (χ0) is 6.95. The molecule has 0 aliphatic carbocycles. The van der Waals surface area contributed by atoms with Crippen LogP contribution in [0.2, 0.25) is 0 Å². The van der Waals surface area contributed by atoms with Gasteiger partial charge in [-0.3, -0.25) is 0 Å². The van der Waals surface area contributed by atoms with Crippen LogP contribution < -0.4 is 0 Å². The Balaban J connectivity index is 2.60. The molecule has 9 heavy (non-hydrogen) atoms. The number of hydrogen-bond acceptors (Lipinski definition) is 1. The Kier molecular flexibility index (Phi) is 8.75. The van der Waals surface area contributed by atoms with E-state index in [1.165, 1.54) is 19.0 Å². The van der Waals surface area contributed by atoms with E-state index in [9.17, 15) is 0 Å². The van der Waals surface area contributed by atoms with Crippen molar-refractivity contribution in [2.75, 3.05) is 12.8 Å². The number of hydrogen-bond donors (Lipinski definition) is 0. The zero-order valence-corrected chi connectivity index (χ0v) is 7.44. The molecule has 0 aromatic carbocycles. The highest BCUT2D eigenvalue weighted by atomic mass is 31.1. The average molecular weight is 148 g/mol. The summed E-state index contributed by atoms with van der Waals surface area (Å²) in [5, 5.41) is 0. The van der Waals surface area contributed by atoms with E-state index < -0.39 is 0 Å². The molecule has 0 fully saturated rings. The third kappa shape index (κ3) is 8.39. The Morgan fingerprint density at radius 2 is 2.00 bits per heavy atom. The summed E-state index contributed by atoms with van der Waals surface area (Å²) in [6, 6.07) is 0. The maximum absolute atomic E-state index is 5.31. The minimum Gasteiger partial charge on any atom is -0.362 e. The van der Waals surface area contributed by atoms with Crippen molar-refractivity contribution in [1.82, 2.24) is 0 Å². The van der Waals surface area contributed by atoms with Crippen LogP contribution in [-0.4, -0.2) is 12.8 Å². The summed E-state index contributed by atoms with van der Waals surface area (Å²) in [7, 11) is 0.746. The number of unbranched alkanes of at least 4 members (excludes halogenated alkanes) is 1. The van der Waals surface area contributed by atoms with Crippen molar-refractivity contribution in [2.45, 2.75) is 33.1 Å². The maximum Gasteiger partial charge on any atom is 0.0502 e. The third-order valence-electron chi connectivity index (χ3n) is 1.04. The molecule has 0 saturated carbocycles.